The second-order valence-corrected chi connectivity index (χ2v) is 5.69. The van der Waals surface area contributed by atoms with Crippen LogP contribution < -0.4 is 10.5 Å². The van der Waals surface area contributed by atoms with Crippen molar-refractivity contribution in [3.05, 3.63) is 48.2 Å². The van der Waals surface area contributed by atoms with Crippen molar-refractivity contribution in [1.29, 1.82) is 0 Å². The second-order valence-electron chi connectivity index (χ2n) is 4.04. The van der Waals surface area contributed by atoms with Crippen LogP contribution >= 0.6 is 0 Å². The number of benzene rings is 1. The fourth-order valence-corrected chi connectivity index (χ4v) is 2.81. The minimum atomic E-state index is -4.68. The molecule has 1 aromatic carbocycles. The summed E-state index contributed by atoms with van der Waals surface area (Å²) in [6, 6.07) is 6.73. The quantitative estimate of drug-likeness (QED) is 0.911. The van der Waals surface area contributed by atoms with E-state index >= 15 is 0 Å². The number of nitrogen functional groups attached to an aromatic ring is 1. The Morgan fingerprint density at radius 2 is 1.76 bits per heavy atom. The highest BCUT2D eigenvalue weighted by Gasteiger charge is 2.34. The van der Waals surface area contributed by atoms with Gasteiger partial charge in [0.2, 0.25) is 0 Å². The normalized spacial score (nSPS) is 12.1. The molecule has 21 heavy (non-hydrogen) atoms. The third kappa shape index (κ3) is 3.24. The number of para-hydroxylation sites is 1. The van der Waals surface area contributed by atoms with Crippen LogP contribution in [-0.4, -0.2) is 13.4 Å². The van der Waals surface area contributed by atoms with Crippen molar-refractivity contribution in [2.75, 3.05) is 10.5 Å². The van der Waals surface area contributed by atoms with Gasteiger partial charge < -0.3 is 5.73 Å². The molecule has 0 unspecified atom stereocenters. The highest BCUT2D eigenvalue weighted by molar-refractivity contribution is 7.92. The van der Waals surface area contributed by atoms with E-state index in [-0.39, 0.29) is 10.7 Å². The van der Waals surface area contributed by atoms with Crippen molar-refractivity contribution in [2.24, 2.45) is 0 Å². The zero-order valence-corrected chi connectivity index (χ0v) is 11.2. The summed E-state index contributed by atoms with van der Waals surface area (Å²) in [5.74, 6) is -0.297. The molecule has 0 saturated carbocycles. The minimum Gasteiger partial charge on any atom is -0.383 e. The Labute approximate surface area is 118 Å². The molecule has 9 heteroatoms. The lowest BCUT2D eigenvalue weighted by molar-refractivity contribution is -0.136. The molecule has 0 saturated heterocycles. The number of pyridine rings is 1. The average Bonchev–Trinajstić information content (AvgIpc) is 2.38. The van der Waals surface area contributed by atoms with Gasteiger partial charge in [-0.15, -0.1) is 0 Å². The van der Waals surface area contributed by atoms with E-state index in [1.54, 1.807) is 0 Å². The zero-order valence-electron chi connectivity index (χ0n) is 10.4. The van der Waals surface area contributed by atoms with Crippen molar-refractivity contribution in [1.82, 2.24) is 4.98 Å². The average molecular weight is 317 g/mol. The third-order valence-corrected chi connectivity index (χ3v) is 3.98. The molecule has 0 aliphatic carbocycles. The van der Waals surface area contributed by atoms with Gasteiger partial charge >= 0.3 is 6.18 Å². The number of sulfonamides is 1. The third-order valence-electron chi connectivity index (χ3n) is 2.57. The van der Waals surface area contributed by atoms with Crippen LogP contribution in [-0.2, 0) is 16.2 Å². The fourth-order valence-electron chi connectivity index (χ4n) is 1.65. The molecule has 0 fully saturated rings. The van der Waals surface area contributed by atoms with Gasteiger partial charge in [0.25, 0.3) is 10.0 Å². The SMILES string of the molecule is Nc1ncccc1S(=O)(=O)Nc1ccccc1C(F)(F)F. The van der Waals surface area contributed by atoms with E-state index < -0.39 is 27.5 Å². The molecule has 5 nitrogen and oxygen atoms in total. The number of hydrogen-bond donors (Lipinski definition) is 2. The number of aromatic nitrogens is 1. The summed E-state index contributed by atoms with van der Waals surface area (Å²) in [6.07, 6.45) is -3.41. The molecule has 0 spiro atoms. The smallest absolute Gasteiger partial charge is 0.383 e. The maximum absolute atomic E-state index is 12.8. The summed E-state index contributed by atoms with van der Waals surface area (Å²) < 4.78 is 64.6. The molecular formula is C12H10F3N3O2S. The number of halogens is 3. The van der Waals surface area contributed by atoms with Gasteiger partial charge in [0.1, 0.15) is 10.7 Å². The molecule has 0 aliphatic rings. The van der Waals surface area contributed by atoms with Crippen LogP contribution in [0.25, 0.3) is 0 Å². The number of alkyl halides is 3. The second kappa shape index (κ2) is 5.24. The first-order valence-corrected chi connectivity index (χ1v) is 7.09. The van der Waals surface area contributed by atoms with Crippen LogP contribution in [0.5, 0.6) is 0 Å². The Hall–Kier alpha value is -2.29. The van der Waals surface area contributed by atoms with Gasteiger partial charge in [-0.2, -0.15) is 13.2 Å². The molecule has 1 aromatic heterocycles. The summed E-state index contributed by atoms with van der Waals surface area (Å²) in [5.41, 5.74) is 3.77. The van der Waals surface area contributed by atoms with Gasteiger partial charge in [-0.05, 0) is 24.3 Å². The molecule has 3 N–H and O–H groups in total. The van der Waals surface area contributed by atoms with Crippen LogP contribution in [0, 0.1) is 0 Å². The van der Waals surface area contributed by atoms with E-state index in [1.165, 1.54) is 24.4 Å². The molecule has 0 bridgehead atoms. The van der Waals surface area contributed by atoms with Crippen molar-refractivity contribution < 1.29 is 21.6 Å². The Kier molecular flexibility index (Phi) is 3.77. The van der Waals surface area contributed by atoms with Crippen molar-refractivity contribution in [3.8, 4) is 0 Å². The van der Waals surface area contributed by atoms with Crippen molar-refractivity contribution in [2.45, 2.75) is 11.1 Å². The largest absolute Gasteiger partial charge is 0.418 e. The highest BCUT2D eigenvalue weighted by atomic mass is 32.2. The molecule has 112 valence electrons. The van der Waals surface area contributed by atoms with Gasteiger partial charge in [-0.3, -0.25) is 4.72 Å². The molecule has 1 heterocycles. The maximum atomic E-state index is 12.8. The fraction of sp³-hybridized carbons (Fsp3) is 0.0833. The van der Waals surface area contributed by atoms with E-state index in [1.807, 2.05) is 4.72 Å². The summed E-state index contributed by atoms with van der Waals surface area (Å²) in [7, 11) is -4.26. The topological polar surface area (TPSA) is 85.1 Å². The summed E-state index contributed by atoms with van der Waals surface area (Å²) in [6.45, 7) is 0. The van der Waals surface area contributed by atoms with Crippen molar-refractivity contribution in [3.63, 3.8) is 0 Å². The number of nitrogens with two attached hydrogens (primary N) is 1. The molecule has 0 amide bonds. The molecule has 0 aliphatic heterocycles. The maximum Gasteiger partial charge on any atom is 0.418 e. The van der Waals surface area contributed by atoms with Gasteiger partial charge in [0.05, 0.1) is 11.3 Å². The van der Waals surface area contributed by atoms with Gasteiger partial charge in [0, 0.05) is 6.20 Å². The minimum absolute atomic E-state index is 0.297. The van der Waals surface area contributed by atoms with Crippen LogP contribution in [0.1, 0.15) is 5.56 Å². The highest BCUT2D eigenvalue weighted by Crippen LogP contribution is 2.35. The Morgan fingerprint density at radius 1 is 1.10 bits per heavy atom. The lowest BCUT2D eigenvalue weighted by Gasteiger charge is -2.15. The summed E-state index contributed by atoms with van der Waals surface area (Å²) in [4.78, 5) is 3.21. The Morgan fingerprint density at radius 3 is 2.38 bits per heavy atom. The first kappa shape index (κ1) is 15.1. The Bertz CT molecular complexity index is 760. The summed E-state index contributed by atoms with van der Waals surface area (Å²) in [5, 5.41) is 0. The van der Waals surface area contributed by atoms with Gasteiger partial charge in [-0.25, -0.2) is 13.4 Å². The lowest BCUT2D eigenvalue weighted by atomic mass is 10.2. The van der Waals surface area contributed by atoms with E-state index in [4.69, 9.17) is 5.73 Å². The lowest BCUT2D eigenvalue weighted by Crippen LogP contribution is -2.18. The number of anilines is 2. The van der Waals surface area contributed by atoms with E-state index in [2.05, 4.69) is 4.98 Å². The molecule has 2 aromatic rings. The zero-order chi connectivity index (χ0) is 15.7. The molecule has 2 rings (SSSR count). The standard InChI is InChI=1S/C12H10F3N3O2S/c13-12(14,15)8-4-1-2-5-9(8)18-21(19,20)10-6-3-7-17-11(10)16/h1-7,18H,(H2,16,17). The van der Waals surface area contributed by atoms with Gasteiger partial charge in [-0.1, -0.05) is 12.1 Å². The first-order chi connectivity index (χ1) is 9.72. The molecule has 0 radical (unpaired) electrons. The van der Waals surface area contributed by atoms with Crippen LogP contribution in [0.2, 0.25) is 0 Å². The van der Waals surface area contributed by atoms with Crippen LogP contribution in [0.15, 0.2) is 47.5 Å². The molecule has 0 atom stereocenters. The Balaban J connectivity index is 2.46. The first-order valence-electron chi connectivity index (χ1n) is 5.61. The van der Waals surface area contributed by atoms with E-state index in [0.717, 1.165) is 18.2 Å². The van der Waals surface area contributed by atoms with Crippen LogP contribution in [0.4, 0.5) is 24.7 Å². The summed E-state index contributed by atoms with van der Waals surface area (Å²) >= 11 is 0. The van der Waals surface area contributed by atoms with E-state index in [9.17, 15) is 21.6 Å². The van der Waals surface area contributed by atoms with Crippen molar-refractivity contribution >= 4 is 21.5 Å². The number of rotatable bonds is 3. The predicted molar refractivity (Wildman–Crippen MR) is 70.9 cm³/mol. The number of hydrogen-bond acceptors (Lipinski definition) is 4. The molecular weight excluding hydrogens is 307 g/mol. The monoisotopic (exact) mass is 317 g/mol. The number of nitrogens with zero attached hydrogens (tertiary/aromatic N) is 1. The predicted octanol–water partition coefficient (Wildman–Crippen LogP) is 2.48. The van der Waals surface area contributed by atoms with Crippen LogP contribution in [0.3, 0.4) is 0 Å². The van der Waals surface area contributed by atoms with Gasteiger partial charge in [0.15, 0.2) is 0 Å². The van der Waals surface area contributed by atoms with E-state index in [0.29, 0.717) is 0 Å². The number of nitrogens with one attached hydrogen (secondary N) is 1.